The molecule has 164 valence electrons. The number of fused-ring (bicyclic) bond motifs is 1. The Morgan fingerprint density at radius 3 is 2.50 bits per heavy atom. The third kappa shape index (κ3) is 5.25. The molecule has 30 heavy (non-hydrogen) atoms. The molecule has 2 aromatic rings. The SMILES string of the molecule is N#Cc1cc2c(Br)c(NC3CCCCC3)ncc2o1.OC1(C(F)(F)F)CCNCC1. The van der Waals surface area contributed by atoms with E-state index in [1.165, 1.54) is 32.1 Å². The highest BCUT2D eigenvalue weighted by Gasteiger charge is 2.53. The van der Waals surface area contributed by atoms with Crippen LogP contribution in [0.15, 0.2) is 21.2 Å². The van der Waals surface area contributed by atoms with Crippen LogP contribution in [0, 0.1) is 11.3 Å². The van der Waals surface area contributed by atoms with Crippen molar-refractivity contribution >= 4 is 32.7 Å². The third-order valence-corrected chi connectivity index (χ3v) is 6.33. The van der Waals surface area contributed by atoms with Crippen molar-refractivity contribution in [2.24, 2.45) is 0 Å². The second-order valence-corrected chi connectivity index (χ2v) is 8.47. The number of alkyl halides is 3. The quantitative estimate of drug-likeness (QED) is 0.558. The van der Waals surface area contributed by atoms with Crippen LogP contribution in [0.25, 0.3) is 11.0 Å². The molecular formula is C20H24BrF3N4O2. The lowest BCUT2D eigenvalue weighted by Gasteiger charge is -2.34. The Balaban J connectivity index is 0.000000199. The zero-order valence-corrected chi connectivity index (χ0v) is 17.9. The molecule has 2 aromatic heterocycles. The Bertz CT molecular complexity index is 898. The summed E-state index contributed by atoms with van der Waals surface area (Å²) in [6, 6.07) is 4.25. The molecule has 0 spiro atoms. The number of furan rings is 1. The summed E-state index contributed by atoms with van der Waals surface area (Å²) in [6.45, 7) is 0.464. The summed E-state index contributed by atoms with van der Waals surface area (Å²) >= 11 is 3.56. The van der Waals surface area contributed by atoms with E-state index in [-0.39, 0.29) is 25.9 Å². The maximum absolute atomic E-state index is 12.0. The van der Waals surface area contributed by atoms with E-state index in [0.717, 1.165) is 15.7 Å². The predicted molar refractivity (Wildman–Crippen MR) is 110 cm³/mol. The van der Waals surface area contributed by atoms with Gasteiger partial charge in [-0.05, 0) is 54.7 Å². The average Bonchev–Trinajstić information content (AvgIpc) is 3.16. The molecule has 3 heterocycles. The zero-order chi connectivity index (χ0) is 21.8. The Morgan fingerprint density at radius 2 is 1.93 bits per heavy atom. The minimum Gasteiger partial charge on any atom is -0.444 e. The first-order chi connectivity index (χ1) is 14.2. The number of pyridine rings is 1. The molecule has 1 saturated heterocycles. The number of piperidine rings is 1. The summed E-state index contributed by atoms with van der Waals surface area (Å²) in [6.07, 6.45) is 3.00. The van der Waals surface area contributed by atoms with Crippen molar-refractivity contribution in [3.63, 3.8) is 0 Å². The molecule has 0 radical (unpaired) electrons. The molecular weight excluding hydrogens is 465 g/mol. The maximum Gasteiger partial charge on any atom is 0.417 e. The van der Waals surface area contributed by atoms with Gasteiger partial charge in [0, 0.05) is 17.5 Å². The summed E-state index contributed by atoms with van der Waals surface area (Å²) < 4.78 is 42.4. The summed E-state index contributed by atoms with van der Waals surface area (Å²) in [5, 5.41) is 25.0. The van der Waals surface area contributed by atoms with E-state index in [0.29, 0.717) is 17.4 Å². The standard InChI is InChI=1S/C14H14BrN3O.C6H10F3NO/c15-13-11-6-10(7-16)19-12(11)8-17-14(13)18-9-4-2-1-3-5-9;7-6(8,9)5(11)1-3-10-4-2-5/h6,8-9H,1-5H2,(H,17,18);10-11H,1-4H2. The van der Waals surface area contributed by atoms with Crippen LogP contribution in [0.5, 0.6) is 0 Å². The first-order valence-electron chi connectivity index (χ1n) is 9.98. The lowest BCUT2D eigenvalue weighted by molar-refractivity contribution is -0.267. The van der Waals surface area contributed by atoms with Gasteiger partial charge in [0.25, 0.3) is 0 Å². The molecule has 0 aromatic carbocycles. The Kier molecular flexibility index (Phi) is 7.26. The molecule has 1 saturated carbocycles. The third-order valence-electron chi connectivity index (χ3n) is 5.53. The van der Waals surface area contributed by atoms with Gasteiger partial charge in [-0.3, -0.25) is 0 Å². The van der Waals surface area contributed by atoms with E-state index in [1.54, 1.807) is 12.3 Å². The van der Waals surface area contributed by atoms with Gasteiger partial charge in [-0.15, -0.1) is 0 Å². The average molecular weight is 489 g/mol. The molecule has 0 bridgehead atoms. The molecule has 6 nitrogen and oxygen atoms in total. The van der Waals surface area contributed by atoms with Gasteiger partial charge < -0.3 is 20.2 Å². The van der Waals surface area contributed by atoms with Crippen molar-refractivity contribution in [3.8, 4) is 6.07 Å². The molecule has 0 amide bonds. The van der Waals surface area contributed by atoms with Gasteiger partial charge in [0.2, 0.25) is 5.76 Å². The van der Waals surface area contributed by atoms with Gasteiger partial charge in [-0.2, -0.15) is 18.4 Å². The lowest BCUT2D eigenvalue weighted by Crippen LogP contribution is -2.52. The first-order valence-corrected chi connectivity index (χ1v) is 10.8. The van der Waals surface area contributed by atoms with Crippen molar-refractivity contribution in [3.05, 3.63) is 22.5 Å². The number of nitriles is 1. The highest BCUT2D eigenvalue weighted by atomic mass is 79.9. The van der Waals surface area contributed by atoms with Crippen LogP contribution in [-0.4, -0.2) is 41.0 Å². The minimum absolute atomic E-state index is 0.232. The van der Waals surface area contributed by atoms with Crippen molar-refractivity contribution in [2.75, 3.05) is 18.4 Å². The molecule has 1 aliphatic heterocycles. The predicted octanol–water partition coefficient (Wildman–Crippen LogP) is 4.87. The van der Waals surface area contributed by atoms with Crippen LogP contribution in [0.2, 0.25) is 0 Å². The first kappa shape index (κ1) is 22.8. The van der Waals surface area contributed by atoms with E-state index in [1.807, 2.05) is 6.07 Å². The normalized spacial score (nSPS) is 19.6. The lowest BCUT2D eigenvalue weighted by atomic mass is 9.92. The number of halogens is 4. The number of aromatic nitrogens is 1. The van der Waals surface area contributed by atoms with Gasteiger partial charge in [0.15, 0.2) is 11.2 Å². The van der Waals surface area contributed by atoms with Crippen molar-refractivity contribution in [2.45, 2.75) is 62.8 Å². The smallest absolute Gasteiger partial charge is 0.417 e. The molecule has 0 atom stereocenters. The fraction of sp³-hybridized carbons (Fsp3) is 0.600. The molecule has 3 N–H and O–H groups in total. The van der Waals surface area contributed by atoms with E-state index >= 15 is 0 Å². The van der Waals surface area contributed by atoms with Crippen molar-refractivity contribution < 1.29 is 22.7 Å². The summed E-state index contributed by atoms with van der Waals surface area (Å²) in [7, 11) is 0. The number of nitrogens with one attached hydrogen (secondary N) is 2. The second kappa shape index (κ2) is 9.54. The largest absolute Gasteiger partial charge is 0.444 e. The molecule has 4 rings (SSSR count). The summed E-state index contributed by atoms with van der Waals surface area (Å²) in [5.74, 6) is 1.15. The monoisotopic (exact) mass is 488 g/mol. The molecule has 2 aliphatic rings. The van der Waals surface area contributed by atoms with Crippen LogP contribution in [0.1, 0.15) is 50.7 Å². The Hall–Kier alpha value is -1.83. The fourth-order valence-corrected chi connectivity index (χ4v) is 4.23. The molecule has 0 unspecified atom stereocenters. The Labute approximate surface area is 181 Å². The summed E-state index contributed by atoms with van der Waals surface area (Å²) in [4.78, 5) is 4.39. The highest BCUT2D eigenvalue weighted by Crippen LogP contribution is 2.36. The molecule has 2 fully saturated rings. The van der Waals surface area contributed by atoms with E-state index < -0.39 is 11.8 Å². The molecule has 10 heteroatoms. The van der Waals surface area contributed by atoms with Gasteiger partial charge in [0.1, 0.15) is 11.9 Å². The van der Waals surface area contributed by atoms with E-state index in [2.05, 4.69) is 31.5 Å². The fourth-order valence-electron chi connectivity index (χ4n) is 3.70. The highest BCUT2D eigenvalue weighted by molar-refractivity contribution is 9.10. The van der Waals surface area contributed by atoms with Crippen molar-refractivity contribution in [1.82, 2.24) is 10.3 Å². The number of aliphatic hydroxyl groups is 1. The number of rotatable bonds is 2. The minimum atomic E-state index is -4.48. The van der Waals surface area contributed by atoms with Gasteiger partial charge >= 0.3 is 6.18 Å². The van der Waals surface area contributed by atoms with Gasteiger partial charge in [-0.1, -0.05) is 19.3 Å². The van der Waals surface area contributed by atoms with Crippen LogP contribution in [0.3, 0.4) is 0 Å². The maximum atomic E-state index is 12.0. The summed E-state index contributed by atoms with van der Waals surface area (Å²) in [5.41, 5.74) is -1.81. The van der Waals surface area contributed by atoms with Crippen LogP contribution in [0.4, 0.5) is 19.0 Å². The molecule has 1 aliphatic carbocycles. The Morgan fingerprint density at radius 1 is 1.27 bits per heavy atom. The van der Waals surface area contributed by atoms with Crippen LogP contribution < -0.4 is 10.6 Å². The number of anilines is 1. The van der Waals surface area contributed by atoms with E-state index in [4.69, 9.17) is 14.8 Å². The zero-order valence-electron chi connectivity index (χ0n) is 16.4. The number of nitrogens with zero attached hydrogens (tertiary/aromatic N) is 2. The van der Waals surface area contributed by atoms with E-state index in [9.17, 15) is 13.2 Å². The second-order valence-electron chi connectivity index (χ2n) is 7.68. The van der Waals surface area contributed by atoms with Gasteiger partial charge in [0.05, 0.1) is 10.7 Å². The number of hydrogen-bond acceptors (Lipinski definition) is 6. The van der Waals surface area contributed by atoms with Gasteiger partial charge in [-0.25, -0.2) is 4.98 Å². The van der Waals surface area contributed by atoms with Crippen LogP contribution in [-0.2, 0) is 0 Å². The topological polar surface area (TPSA) is 94.1 Å². The van der Waals surface area contributed by atoms with Crippen LogP contribution >= 0.6 is 15.9 Å². The van der Waals surface area contributed by atoms with Crippen molar-refractivity contribution in [1.29, 1.82) is 5.26 Å². The number of hydrogen-bond donors (Lipinski definition) is 3.